The minimum absolute atomic E-state index is 0.105. The van der Waals surface area contributed by atoms with Crippen LogP contribution in [0.4, 0.5) is 0 Å². The zero-order chi connectivity index (χ0) is 17.8. The zero-order valence-corrected chi connectivity index (χ0v) is 14.3. The molecule has 0 atom stereocenters. The van der Waals surface area contributed by atoms with E-state index in [2.05, 4.69) is 22.4 Å². The van der Waals surface area contributed by atoms with E-state index in [-0.39, 0.29) is 30.0 Å². The number of benzene rings is 1. The minimum Gasteiger partial charge on any atom is -0.356 e. The number of nitrogens with one attached hydrogen (secondary N) is 1. The second-order valence-corrected chi connectivity index (χ2v) is 5.71. The van der Waals surface area contributed by atoms with Crippen LogP contribution in [0.25, 0.3) is 22.4 Å². The lowest BCUT2D eigenvalue weighted by atomic mass is 10.1. The lowest BCUT2D eigenvalue weighted by molar-refractivity contribution is -0.121. The van der Waals surface area contributed by atoms with Crippen molar-refractivity contribution in [3.63, 3.8) is 0 Å². The van der Waals surface area contributed by atoms with Crippen LogP contribution in [0.3, 0.4) is 0 Å². The summed E-state index contributed by atoms with van der Waals surface area (Å²) < 4.78 is 6.61. The Morgan fingerprint density at radius 2 is 2.00 bits per heavy atom. The number of rotatable bonds is 6. The summed E-state index contributed by atoms with van der Waals surface area (Å²) in [5.74, 6) is -0.108. The molecule has 0 aliphatic heterocycles. The molecule has 0 unspecified atom stereocenters. The normalized spacial score (nSPS) is 11.0. The van der Waals surface area contributed by atoms with Gasteiger partial charge in [0.2, 0.25) is 5.91 Å². The number of aromatic nitrogens is 3. The van der Waals surface area contributed by atoms with Gasteiger partial charge in [0.15, 0.2) is 0 Å². The van der Waals surface area contributed by atoms with Crippen molar-refractivity contribution in [2.75, 3.05) is 6.54 Å². The smallest absolute Gasteiger partial charge is 0.299 e. The van der Waals surface area contributed by atoms with Crippen LogP contribution >= 0.6 is 0 Å². The second kappa shape index (κ2) is 7.29. The molecule has 2 heterocycles. The van der Waals surface area contributed by atoms with E-state index < -0.39 is 0 Å². The summed E-state index contributed by atoms with van der Waals surface area (Å²) >= 11 is 0. The molecule has 7 nitrogen and oxygen atoms in total. The minimum atomic E-state index is -0.335. The molecular weight excluding hydrogens is 320 g/mol. The van der Waals surface area contributed by atoms with E-state index in [4.69, 9.17) is 4.52 Å². The Morgan fingerprint density at radius 1 is 1.24 bits per heavy atom. The van der Waals surface area contributed by atoms with Crippen LogP contribution in [-0.2, 0) is 17.8 Å². The molecule has 0 saturated heterocycles. The molecule has 130 valence electrons. The van der Waals surface area contributed by atoms with Crippen LogP contribution in [0, 0.1) is 0 Å². The molecule has 0 spiro atoms. The van der Waals surface area contributed by atoms with Gasteiger partial charge in [-0.15, -0.1) is 0 Å². The lowest BCUT2D eigenvalue weighted by Gasteiger charge is -2.05. The Morgan fingerprint density at radius 3 is 2.68 bits per heavy atom. The topological polar surface area (TPSA) is 90.0 Å². The van der Waals surface area contributed by atoms with Crippen molar-refractivity contribution in [2.45, 2.75) is 33.2 Å². The number of hydrogen-bond donors (Lipinski definition) is 1. The van der Waals surface area contributed by atoms with Crippen LogP contribution in [0.15, 0.2) is 39.9 Å². The fraction of sp³-hybridized carbons (Fsp3) is 0.333. The molecule has 2 aromatic heterocycles. The van der Waals surface area contributed by atoms with Crippen molar-refractivity contribution in [2.24, 2.45) is 0 Å². The molecule has 0 aliphatic rings. The van der Waals surface area contributed by atoms with E-state index in [9.17, 15) is 9.59 Å². The number of aryl methyl sites for hydroxylation is 2. The number of carbonyl (C=O) groups is 1. The molecule has 3 rings (SSSR count). The predicted molar refractivity (Wildman–Crippen MR) is 94.2 cm³/mol. The summed E-state index contributed by atoms with van der Waals surface area (Å²) in [6, 6.07) is 7.92. The highest BCUT2D eigenvalue weighted by Gasteiger charge is 2.16. The van der Waals surface area contributed by atoms with Gasteiger partial charge in [-0.05, 0) is 18.9 Å². The highest BCUT2D eigenvalue weighted by atomic mass is 16.5. The summed E-state index contributed by atoms with van der Waals surface area (Å²) in [5, 5.41) is 6.71. The van der Waals surface area contributed by atoms with Gasteiger partial charge in [0, 0.05) is 25.1 Å². The number of carbonyl (C=O) groups excluding carboxylic acids is 1. The van der Waals surface area contributed by atoms with Gasteiger partial charge in [0.1, 0.15) is 11.2 Å². The molecule has 0 fully saturated rings. The van der Waals surface area contributed by atoms with Crippen LogP contribution < -0.4 is 10.9 Å². The Bertz CT molecular complexity index is 941. The van der Waals surface area contributed by atoms with Gasteiger partial charge in [0.05, 0.1) is 6.33 Å². The fourth-order valence-electron chi connectivity index (χ4n) is 2.61. The highest BCUT2D eigenvalue weighted by Crippen LogP contribution is 2.24. The summed E-state index contributed by atoms with van der Waals surface area (Å²) in [4.78, 5) is 28.4. The van der Waals surface area contributed by atoms with E-state index in [1.807, 2.05) is 31.2 Å². The Labute approximate surface area is 144 Å². The molecule has 0 bridgehead atoms. The average Bonchev–Trinajstić information content (AvgIpc) is 3.06. The van der Waals surface area contributed by atoms with Gasteiger partial charge in [0.25, 0.3) is 11.1 Å². The largest absolute Gasteiger partial charge is 0.356 e. The van der Waals surface area contributed by atoms with Crippen molar-refractivity contribution < 1.29 is 9.32 Å². The average molecular weight is 340 g/mol. The number of fused-ring (bicyclic) bond motifs is 1. The van der Waals surface area contributed by atoms with Crippen molar-refractivity contribution in [3.05, 3.63) is 46.5 Å². The Balaban J connectivity index is 1.90. The Kier molecular flexibility index (Phi) is 4.92. The standard InChI is InChI=1S/C18H20N4O3/c1-3-12-5-7-13(8-6-12)15-16-17(25-21-15)18(24)22(11-20-16)10-9-14(23)19-4-2/h5-8,11H,3-4,9-10H2,1-2H3,(H,19,23). The molecule has 0 aliphatic carbocycles. The lowest BCUT2D eigenvalue weighted by Crippen LogP contribution is -2.27. The first-order valence-corrected chi connectivity index (χ1v) is 8.34. The van der Waals surface area contributed by atoms with Crippen LogP contribution in [0.5, 0.6) is 0 Å². The molecule has 1 N–H and O–H groups in total. The van der Waals surface area contributed by atoms with Gasteiger partial charge in [-0.1, -0.05) is 36.3 Å². The fourth-order valence-corrected chi connectivity index (χ4v) is 2.61. The van der Waals surface area contributed by atoms with Crippen LogP contribution in [-0.4, -0.2) is 27.2 Å². The Hall–Kier alpha value is -2.96. The number of hydrogen-bond acceptors (Lipinski definition) is 5. The number of amides is 1. The third-order valence-corrected chi connectivity index (χ3v) is 4.04. The third kappa shape index (κ3) is 3.45. The first-order chi connectivity index (χ1) is 12.1. The van der Waals surface area contributed by atoms with Gasteiger partial charge in [-0.25, -0.2) is 4.98 Å². The first-order valence-electron chi connectivity index (χ1n) is 8.34. The molecule has 7 heteroatoms. The first kappa shape index (κ1) is 16.9. The molecule has 0 saturated carbocycles. The molecule has 3 aromatic rings. The predicted octanol–water partition coefficient (Wildman–Crippen LogP) is 2.14. The van der Waals surface area contributed by atoms with E-state index in [0.717, 1.165) is 12.0 Å². The monoisotopic (exact) mass is 340 g/mol. The van der Waals surface area contributed by atoms with Gasteiger partial charge < -0.3 is 9.84 Å². The number of nitrogens with zero attached hydrogens (tertiary/aromatic N) is 3. The van der Waals surface area contributed by atoms with Crippen LogP contribution in [0.2, 0.25) is 0 Å². The maximum absolute atomic E-state index is 12.5. The molecule has 0 radical (unpaired) electrons. The van der Waals surface area contributed by atoms with E-state index in [1.165, 1.54) is 16.5 Å². The van der Waals surface area contributed by atoms with Crippen LogP contribution in [0.1, 0.15) is 25.8 Å². The van der Waals surface area contributed by atoms with Crippen molar-refractivity contribution in [1.82, 2.24) is 20.0 Å². The highest BCUT2D eigenvalue weighted by molar-refractivity contribution is 5.87. The maximum Gasteiger partial charge on any atom is 0.299 e. The zero-order valence-electron chi connectivity index (χ0n) is 14.3. The SMILES string of the molecule is CCNC(=O)CCn1cnc2c(-c3ccc(CC)cc3)noc2c1=O. The summed E-state index contributed by atoms with van der Waals surface area (Å²) in [6.45, 7) is 4.74. The van der Waals surface area contributed by atoms with Crippen molar-refractivity contribution >= 4 is 17.0 Å². The van der Waals surface area contributed by atoms with Gasteiger partial charge in [-0.3, -0.25) is 14.2 Å². The third-order valence-electron chi connectivity index (χ3n) is 4.04. The molecule has 1 amide bonds. The summed E-state index contributed by atoms with van der Waals surface area (Å²) in [7, 11) is 0. The van der Waals surface area contributed by atoms with E-state index >= 15 is 0 Å². The summed E-state index contributed by atoms with van der Waals surface area (Å²) in [6.07, 6.45) is 2.60. The van der Waals surface area contributed by atoms with E-state index in [0.29, 0.717) is 17.8 Å². The van der Waals surface area contributed by atoms with Crippen molar-refractivity contribution in [3.8, 4) is 11.3 Å². The van der Waals surface area contributed by atoms with Crippen molar-refractivity contribution in [1.29, 1.82) is 0 Å². The summed E-state index contributed by atoms with van der Waals surface area (Å²) in [5.41, 5.74) is 2.82. The van der Waals surface area contributed by atoms with Gasteiger partial charge >= 0.3 is 0 Å². The van der Waals surface area contributed by atoms with E-state index in [1.54, 1.807) is 0 Å². The quantitative estimate of drug-likeness (QED) is 0.742. The second-order valence-electron chi connectivity index (χ2n) is 5.71. The molecule has 1 aromatic carbocycles. The molecular formula is C18H20N4O3. The van der Waals surface area contributed by atoms with Gasteiger partial charge in [-0.2, -0.15) is 0 Å². The molecule has 25 heavy (non-hydrogen) atoms. The maximum atomic E-state index is 12.5.